The van der Waals surface area contributed by atoms with Gasteiger partial charge in [-0.05, 0) is 54.7 Å². The molecular formula is C36H28N4. The Morgan fingerprint density at radius 3 is 2.33 bits per heavy atom. The molecule has 40 heavy (non-hydrogen) atoms. The molecule has 3 heterocycles. The minimum Gasteiger partial charge on any atom is -0.254 e. The Kier molecular flexibility index (Phi) is 6.21. The lowest BCUT2D eigenvalue weighted by Gasteiger charge is -2.14. The monoisotopic (exact) mass is 516 g/mol. The number of rotatable bonds is 5. The van der Waals surface area contributed by atoms with Gasteiger partial charge in [0.25, 0.3) is 0 Å². The van der Waals surface area contributed by atoms with Gasteiger partial charge in [0.2, 0.25) is 0 Å². The van der Waals surface area contributed by atoms with Gasteiger partial charge in [-0.3, -0.25) is 9.97 Å². The molecule has 0 bridgehead atoms. The van der Waals surface area contributed by atoms with Crippen molar-refractivity contribution >= 4 is 27.4 Å². The van der Waals surface area contributed by atoms with Crippen LogP contribution in [0.5, 0.6) is 0 Å². The summed E-state index contributed by atoms with van der Waals surface area (Å²) in [6, 6.07) is 31.7. The quantitative estimate of drug-likeness (QED) is 0.215. The van der Waals surface area contributed by atoms with E-state index in [4.69, 9.17) is 15.0 Å². The summed E-state index contributed by atoms with van der Waals surface area (Å²) in [5.41, 5.74) is 10.3. The van der Waals surface area contributed by atoms with E-state index in [2.05, 4.69) is 109 Å². The van der Waals surface area contributed by atoms with Crippen molar-refractivity contribution in [1.82, 2.24) is 19.9 Å². The van der Waals surface area contributed by atoms with Crippen LogP contribution < -0.4 is 0 Å². The first-order chi connectivity index (χ1) is 19.8. The Morgan fingerprint density at radius 1 is 0.675 bits per heavy atom. The van der Waals surface area contributed by atoms with Crippen LogP contribution in [0.25, 0.3) is 61.0 Å². The average Bonchev–Trinajstić information content (AvgIpc) is 3.04. The molecular weight excluding hydrogens is 488 g/mol. The molecule has 0 unspecified atom stereocenters. The number of hydrogen-bond acceptors (Lipinski definition) is 4. The minimum atomic E-state index is 0.762. The van der Waals surface area contributed by atoms with E-state index >= 15 is 0 Å². The SMILES string of the molecule is CCc1cc(-c2cccc(-c3cc(-c4ccccc4)nc(C4=CCCC=C4)n3)c2)c2ccc3cccnc3c2n1. The van der Waals surface area contributed by atoms with Crippen LogP contribution in [0.3, 0.4) is 0 Å². The summed E-state index contributed by atoms with van der Waals surface area (Å²) in [5, 5.41) is 2.20. The summed E-state index contributed by atoms with van der Waals surface area (Å²) >= 11 is 0. The Morgan fingerprint density at radius 2 is 1.50 bits per heavy atom. The van der Waals surface area contributed by atoms with E-state index in [9.17, 15) is 0 Å². The van der Waals surface area contributed by atoms with E-state index in [1.54, 1.807) is 0 Å². The summed E-state index contributed by atoms with van der Waals surface area (Å²) in [4.78, 5) is 19.7. The van der Waals surface area contributed by atoms with Crippen molar-refractivity contribution in [2.45, 2.75) is 26.2 Å². The van der Waals surface area contributed by atoms with Crippen LogP contribution in [0.4, 0.5) is 0 Å². The molecule has 192 valence electrons. The van der Waals surface area contributed by atoms with Crippen LogP contribution in [0, 0.1) is 0 Å². The standard InChI is InChI=1S/C36H28N4/c1-2-29-22-31(30-19-18-25-17-10-20-37-34(25)35(30)38-29)27-15-9-16-28(21-27)33-23-32(24-11-5-3-6-12-24)39-36(40-33)26-13-7-4-8-14-26/h3,5-7,9-23H,2,4,8H2,1H3. The Labute approximate surface area is 233 Å². The fourth-order valence-corrected chi connectivity index (χ4v) is 5.41. The number of hydrogen-bond donors (Lipinski definition) is 0. The molecule has 0 amide bonds. The van der Waals surface area contributed by atoms with Crippen LogP contribution in [0.2, 0.25) is 0 Å². The zero-order valence-electron chi connectivity index (χ0n) is 22.4. The van der Waals surface area contributed by atoms with Crippen molar-refractivity contribution in [3.8, 4) is 33.6 Å². The first kappa shape index (κ1) is 24.1. The smallest absolute Gasteiger partial charge is 0.160 e. The number of nitrogens with zero attached hydrogens (tertiary/aromatic N) is 4. The second-order valence-corrected chi connectivity index (χ2v) is 10.1. The maximum atomic E-state index is 5.07. The Balaban J connectivity index is 1.41. The molecule has 0 saturated heterocycles. The minimum absolute atomic E-state index is 0.762. The number of aryl methyl sites for hydroxylation is 1. The Hall–Kier alpha value is -4.96. The highest BCUT2D eigenvalue weighted by atomic mass is 14.9. The zero-order valence-corrected chi connectivity index (χ0v) is 22.4. The zero-order chi connectivity index (χ0) is 26.9. The molecule has 3 aromatic carbocycles. The molecule has 7 rings (SSSR count). The lowest BCUT2D eigenvalue weighted by atomic mass is 9.96. The Bertz CT molecular complexity index is 1940. The number of benzene rings is 3. The third kappa shape index (κ3) is 4.48. The van der Waals surface area contributed by atoms with Crippen LogP contribution in [0.1, 0.15) is 31.3 Å². The van der Waals surface area contributed by atoms with E-state index in [1.807, 2.05) is 18.3 Å². The highest BCUT2D eigenvalue weighted by Crippen LogP contribution is 2.35. The lowest BCUT2D eigenvalue weighted by molar-refractivity contribution is 1.03. The van der Waals surface area contributed by atoms with E-state index in [-0.39, 0.29) is 0 Å². The van der Waals surface area contributed by atoms with Crippen molar-refractivity contribution in [2.24, 2.45) is 0 Å². The van der Waals surface area contributed by atoms with Crippen molar-refractivity contribution < 1.29 is 0 Å². The molecule has 1 aliphatic carbocycles. The van der Waals surface area contributed by atoms with E-state index in [1.165, 1.54) is 0 Å². The van der Waals surface area contributed by atoms with Crippen LogP contribution in [0.15, 0.2) is 115 Å². The van der Waals surface area contributed by atoms with Gasteiger partial charge >= 0.3 is 0 Å². The summed E-state index contributed by atoms with van der Waals surface area (Å²) in [6.07, 6.45) is 11.3. The van der Waals surface area contributed by atoms with Crippen LogP contribution in [-0.2, 0) is 6.42 Å². The van der Waals surface area contributed by atoms with Crippen molar-refractivity contribution in [3.05, 3.63) is 127 Å². The summed E-state index contributed by atoms with van der Waals surface area (Å²) in [7, 11) is 0. The van der Waals surface area contributed by atoms with Crippen LogP contribution in [-0.4, -0.2) is 19.9 Å². The topological polar surface area (TPSA) is 51.6 Å². The first-order valence-electron chi connectivity index (χ1n) is 13.9. The third-order valence-corrected chi connectivity index (χ3v) is 7.48. The van der Waals surface area contributed by atoms with Gasteiger partial charge in [-0.2, -0.15) is 0 Å². The summed E-state index contributed by atoms with van der Waals surface area (Å²) < 4.78 is 0. The molecule has 1 aliphatic rings. The molecule has 0 spiro atoms. The number of fused-ring (bicyclic) bond motifs is 3. The van der Waals surface area contributed by atoms with Gasteiger partial charge in [-0.1, -0.05) is 91.9 Å². The number of allylic oxidation sites excluding steroid dienone is 4. The van der Waals surface area contributed by atoms with Gasteiger partial charge in [0.1, 0.15) is 0 Å². The molecule has 0 atom stereocenters. The summed E-state index contributed by atoms with van der Waals surface area (Å²) in [6.45, 7) is 2.15. The summed E-state index contributed by atoms with van der Waals surface area (Å²) in [5.74, 6) is 0.762. The molecule has 0 aliphatic heterocycles. The van der Waals surface area contributed by atoms with Gasteiger partial charge in [0.05, 0.1) is 22.4 Å². The first-order valence-corrected chi connectivity index (χ1v) is 13.9. The molecule has 0 saturated carbocycles. The maximum Gasteiger partial charge on any atom is 0.160 e. The van der Waals surface area contributed by atoms with Gasteiger partial charge in [0, 0.05) is 39.4 Å². The second kappa shape index (κ2) is 10.3. The fraction of sp³-hybridized carbons (Fsp3) is 0.111. The normalized spacial score (nSPS) is 13.1. The van der Waals surface area contributed by atoms with Gasteiger partial charge in [-0.15, -0.1) is 0 Å². The van der Waals surface area contributed by atoms with Gasteiger partial charge < -0.3 is 0 Å². The second-order valence-electron chi connectivity index (χ2n) is 10.1. The average molecular weight is 517 g/mol. The van der Waals surface area contributed by atoms with Gasteiger partial charge in [0.15, 0.2) is 5.82 Å². The molecule has 0 radical (unpaired) electrons. The molecule has 0 fully saturated rings. The number of pyridine rings is 2. The van der Waals surface area contributed by atoms with E-state index < -0.39 is 0 Å². The predicted octanol–water partition coefficient (Wildman–Crippen LogP) is 8.87. The van der Waals surface area contributed by atoms with Crippen LogP contribution >= 0.6 is 0 Å². The predicted molar refractivity (Wildman–Crippen MR) is 165 cm³/mol. The third-order valence-electron chi connectivity index (χ3n) is 7.48. The maximum absolute atomic E-state index is 5.07. The molecule has 6 aromatic rings. The van der Waals surface area contributed by atoms with Crippen molar-refractivity contribution in [1.29, 1.82) is 0 Å². The molecule has 4 nitrogen and oxygen atoms in total. The molecule has 4 heteroatoms. The van der Waals surface area contributed by atoms with Crippen molar-refractivity contribution in [3.63, 3.8) is 0 Å². The van der Waals surface area contributed by atoms with E-state index in [0.29, 0.717) is 0 Å². The van der Waals surface area contributed by atoms with E-state index in [0.717, 1.165) is 91.8 Å². The highest BCUT2D eigenvalue weighted by molar-refractivity contribution is 6.08. The van der Waals surface area contributed by atoms with Gasteiger partial charge in [-0.25, -0.2) is 9.97 Å². The number of aromatic nitrogens is 4. The molecule has 0 N–H and O–H groups in total. The fourth-order valence-electron chi connectivity index (χ4n) is 5.41. The largest absolute Gasteiger partial charge is 0.254 e. The lowest BCUT2D eigenvalue weighted by Crippen LogP contribution is -2.00. The highest BCUT2D eigenvalue weighted by Gasteiger charge is 2.15. The van der Waals surface area contributed by atoms with Crippen molar-refractivity contribution in [2.75, 3.05) is 0 Å². The molecule has 3 aromatic heterocycles.